The van der Waals surface area contributed by atoms with Gasteiger partial charge >= 0.3 is 0 Å². The molecule has 1 aliphatic rings. The van der Waals surface area contributed by atoms with Gasteiger partial charge in [-0.25, -0.2) is 17.1 Å². The Morgan fingerprint density at radius 3 is 2.92 bits per heavy atom. The van der Waals surface area contributed by atoms with Gasteiger partial charge in [0.2, 0.25) is 15.9 Å². The van der Waals surface area contributed by atoms with E-state index in [0.29, 0.717) is 48.0 Å². The second kappa shape index (κ2) is 9.92. The van der Waals surface area contributed by atoms with Crippen LogP contribution in [-0.4, -0.2) is 49.8 Å². The predicted octanol–water partition coefficient (Wildman–Crippen LogP) is 2.89. The smallest absolute Gasteiger partial charge is 0.224 e. The zero-order valence-electron chi connectivity index (χ0n) is 14.7. The lowest BCUT2D eigenvalue weighted by Crippen LogP contribution is -2.46. The number of hydrogen-bond acceptors (Lipinski definition) is 4. The highest BCUT2D eigenvalue weighted by Crippen LogP contribution is 2.24. The number of nitrogens with one attached hydrogen (secondary N) is 1. The monoisotopic (exact) mass is 422 g/mol. The van der Waals surface area contributed by atoms with Crippen LogP contribution in [-0.2, 0) is 20.6 Å². The van der Waals surface area contributed by atoms with Gasteiger partial charge < -0.3 is 5.32 Å². The molecule has 1 aromatic rings. The number of piperidine rings is 1. The van der Waals surface area contributed by atoms with E-state index in [1.54, 1.807) is 19.1 Å². The fraction of sp³-hybridized carbons (Fsp3) is 0.588. The van der Waals surface area contributed by atoms with Crippen molar-refractivity contribution in [3.05, 3.63) is 34.6 Å². The Labute approximate surface area is 163 Å². The molecule has 1 aliphatic heterocycles. The number of rotatable bonds is 8. The van der Waals surface area contributed by atoms with Crippen molar-refractivity contribution in [2.45, 2.75) is 25.5 Å². The van der Waals surface area contributed by atoms with Crippen LogP contribution in [0, 0.1) is 11.7 Å². The van der Waals surface area contributed by atoms with Crippen molar-refractivity contribution in [1.82, 2.24) is 9.62 Å². The van der Waals surface area contributed by atoms with Crippen LogP contribution in [0.5, 0.6) is 0 Å². The molecule has 146 valence electrons. The van der Waals surface area contributed by atoms with E-state index in [1.807, 2.05) is 0 Å². The number of hydrogen-bond donors (Lipinski definition) is 1. The van der Waals surface area contributed by atoms with Crippen molar-refractivity contribution in [3.8, 4) is 0 Å². The Balaban J connectivity index is 1.73. The molecule has 2 rings (SSSR count). The first-order chi connectivity index (χ1) is 12.3. The average molecular weight is 423 g/mol. The molecule has 0 saturated carbocycles. The normalized spacial score (nSPS) is 18.7. The summed E-state index contributed by atoms with van der Waals surface area (Å²) >= 11 is 7.47. The number of nitrogens with zero attached hydrogens (tertiary/aromatic N) is 1. The van der Waals surface area contributed by atoms with E-state index in [-0.39, 0.29) is 29.9 Å². The van der Waals surface area contributed by atoms with Gasteiger partial charge in [-0.05, 0) is 31.9 Å². The summed E-state index contributed by atoms with van der Waals surface area (Å²) in [6.45, 7) is 2.80. The van der Waals surface area contributed by atoms with Gasteiger partial charge in [0, 0.05) is 41.7 Å². The van der Waals surface area contributed by atoms with E-state index in [0.717, 1.165) is 0 Å². The number of halogens is 2. The number of amides is 1. The summed E-state index contributed by atoms with van der Waals surface area (Å²) in [5, 5.41) is 3.25. The van der Waals surface area contributed by atoms with Gasteiger partial charge in [-0.15, -0.1) is 0 Å². The molecule has 0 aromatic heterocycles. The molecule has 9 heteroatoms. The minimum Gasteiger partial charge on any atom is -0.355 e. The Morgan fingerprint density at radius 2 is 2.23 bits per heavy atom. The first-order valence-electron chi connectivity index (χ1n) is 8.61. The van der Waals surface area contributed by atoms with Gasteiger partial charge in [0.25, 0.3) is 0 Å². The van der Waals surface area contributed by atoms with Crippen LogP contribution in [0.2, 0.25) is 5.02 Å². The molecule has 1 aromatic carbocycles. The zero-order valence-corrected chi connectivity index (χ0v) is 17.1. The lowest BCUT2D eigenvalue weighted by atomic mass is 9.99. The zero-order chi connectivity index (χ0) is 19.2. The highest BCUT2D eigenvalue weighted by Gasteiger charge is 2.31. The molecule has 1 heterocycles. The largest absolute Gasteiger partial charge is 0.355 e. The average Bonchev–Trinajstić information content (AvgIpc) is 2.63. The van der Waals surface area contributed by atoms with Crippen LogP contribution in [0.25, 0.3) is 0 Å². The number of sulfonamides is 1. The number of benzene rings is 1. The summed E-state index contributed by atoms with van der Waals surface area (Å²) in [5.74, 6) is 0.361. The summed E-state index contributed by atoms with van der Waals surface area (Å²) in [6, 6.07) is 4.60. The van der Waals surface area contributed by atoms with E-state index < -0.39 is 10.0 Å². The van der Waals surface area contributed by atoms with E-state index in [4.69, 9.17) is 11.6 Å². The van der Waals surface area contributed by atoms with Crippen molar-refractivity contribution >= 4 is 39.3 Å². The minimum atomic E-state index is -3.25. The van der Waals surface area contributed by atoms with Gasteiger partial charge in [0.1, 0.15) is 5.82 Å². The fourth-order valence-corrected chi connectivity index (χ4v) is 5.20. The van der Waals surface area contributed by atoms with Crippen LogP contribution in [0.1, 0.15) is 25.3 Å². The maximum Gasteiger partial charge on any atom is 0.224 e. The SMILES string of the molecule is CCS(=O)(=O)N1CCCC(C(=O)NCCSCc2c(F)cccc2Cl)C1. The molecule has 0 bridgehead atoms. The van der Waals surface area contributed by atoms with Gasteiger partial charge in [-0.2, -0.15) is 11.8 Å². The van der Waals surface area contributed by atoms with Crippen molar-refractivity contribution in [3.63, 3.8) is 0 Å². The third kappa shape index (κ3) is 5.84. The molecule has 1 saturated heterocycles. The Morgan fingerprint density at radius 1 is 1.46 bits per heavy atom. The highest BCUT2D eigenvalue weighted by molar-refractivity contribution is 7.98. The fourth-order valence-electron chi connectivity index (χ4n) is 2.83. The van der Waals surface area contributed by atoms with E-state index in [2.05, 4.69) is 5.32 Å². The van der Waals surface area contributed by atoms with Crippen LogP contribution in [0.4, 0.5) is 4.39 Å². The lowest BCUT2D eigenvalue weighted by molar-refractivity contribution is -0.125. The van der Waals surface area contributed by atoms with Gasteiger partial charge in [-0.3, -0.25) is 4.79 Å². The van der Waals surface area contributed by atoms with E-state index in [1.165, 1.54) is 22.1 Å². The molecule has 1 unspecified atom stereocenters. The van der Waals surface area contributed by atoms with Crippen molar-refractivity contribution in [1.29, 1.82) is 0 Å². The van der Waals surface area contributed by atoms with Gasteiger partial charge in [0.15, 0.2) is 0 Å². The first kappa shape index (κ1) is 21.5. The van der Waals surface area contributed by atoms with Crippen molar-refractivity contribution < 1.29 is 17.6 Å². The van der Waals surface area contributed by atoms with Gasteiger partial charge in [-0.1, -0.05) is 17.7 Å². The van der Waals surface area contributed by atoms with Crippen LogP contribution < -0.4 is 5.32 Å². The Bertz CT molecular complexity index is 710. The molecular weight excluding hydrogens is 399 g/mol. The standard InChI is InChI=1S/C17H24ClFN2O3S2/c1-2-26(23,24)21-9-4-5-13(11-21)17(22)20-8-10-25-12-14-15(18)6-3-7-16(14)19/h3,6-7,13H,2,4-5,8-12H2,1H3,(H,20,22). The first-order valence-corrected chi connectivity index (χ1v) is 11.8. The summed E-state index contributed by atoms with van der Waals surface area (Å²) < 4.78 is 39.0. The molecule has 1 amide bonds. The molecule has 0 aliphatic carbocycles. The minimum absolute atomic E-state index is 0.0522. The molecular formula is C17H24ClFN2O3S2. The molecule has 0 radical (unpaired) electrons. The number of carbonyl (C=O) groups is 1. The predicted molar refractivity (Wildman–Crippen MR) is 104 cm³/mol. The summed E-state index contributed by atoms with van der Waals surface area (Å²) in [7, 11) is -3.25. The summed E-state index contributed by atoms with van der Waals surface area (Å²) in [5.41, 5.74) is 0.471. The second-order valence-electron chi connectivity index (χ2n) is 6.14. The molecule has 26 heavy (non-hydrogen) atoms. The second-order valence-corrected chi connectivity index (χ2v) is 9.91. The highest BCUT2D eigenvalue weighted by atomic mass is 35.5. The maximum atomic E-state index is 13.7. The van der Waals surface area contributed by atoms with Crippen molar-refractivity contribution in [2.75, 3.05) is 31.1 Å². The third-order valence-electron chi connectivity index (χ3n) is 4.37. The van der Waals surface area contributed by atoms with E-state index >= 15 is 0 Å². The van der Waals surface area contributed by atoms with Crippen LogP contribution >= 0.6 is 23.4 Å². The van der Waals surface area contributed by atoms with Gasteiger partial charge in [0.05, 0.1) is 11.7 Å². The van der Waals surface area contributed by atoms with Crippen molar-refractivity contribution in [2.24, 2.45) is 5.92 Å². The lowest BCUT2D eigenvalue weighted by Gasteiger charge is -2.30. The third-order valence-corrected chi connectivity index (χ3v) is 7.55. The molecule has 5 nitrogen and oxygen atoms in total. The molecule has 1 atom stereocenters. The topological polar surface area (TPSA) is 66.5 Å². The number of carbonyl (C=O) groups excluding carboxylic acids is 1. The quantitative estimate of drug-likeness (QED) is 0.654. The number of thioether (sulfide) groups is 1. The van der Waals surface area contributed by atoms with E-state index in [9.17, 15) is 17.6 Å². The van der Waals surface area contributed by atoms with Crippen LogP contribution in [0.15, 0.2) is 18.2 Å². The summed E-state index contributed by atoms with van der Waals surface area (Å²) in [4.78, 5) is 12.3. The Kier molecular flexibility index (Phi) is 8.19. The Hall–Kier alpha value is -0.830. The van der Waals surface area contributed by atoms with Crippen LogP contribution in [0.3, 0.4) is 0 Å². The summed E-state index contributed by atoms with van der Waals surface area (Å²) in [6.07, 6.45) is 1.39. The molecule has 0 spiro atoms. The molecule has 1 fully saturated rings. The molecule has 1 N–H and O–H groups in total. The maximum absolute atomic E-state index is 13.7.